The third-order valence-corrected chi connectivity index (χ3v) is 5.18. The van der Waals surface area contributed by atoms with Gasteiger partial charge in [0, 0.05) is 0 Å². The van der Waals surface area contributed by atoms with E-state index in [0.29, 0.717) is 0 Å². The van der Waals surface area contributed by atoms with Crippen LogP contribution in [0.1, 0.15) is 71.6 Å². The van der Waals surface area contributed by atoms with Gasteiger partial charge in [0.25, 0.3) is 10.1 Å². The summed E-state index contributed by atoms with van der Waals surface area (Å²) >= 11 is 0. The van der Waals surface area contributed by atoms with Crippen LogP contribution in [-0.2, 0) is 14.3 Å². The summed E-state index contributed by atoms with van der Waals surface area (Å²) < 4.78 is 30.2. The van der Waals surface area contributed by atoms with Gasteiger partial charge in [-0.25, -0.2) is 0 Å². The largest absolute Gasteiger partial charge is 0.297 e. The summed E-state index contributed by atoms with van der Waals surface area (Å²) in [4.78, 5) is 0.254. The molecule has 0 spiro atoms. The lowest BCUT2D eigenvalue weighted by Crippen LogP contribution is -2.19. The van der Waals surface area contributed by atoms with Gasteiger partial charge in [0.2, 0.25) is 0 Å². The molecular formula is C18H30O3S. The van der Waals surface area contributed by atoms with E-state index in [9.17, 15) is 8.42 Å². The van der Waals surface area contributed by atoms with Crippen molar-refractivity contribution in [1.82, 2.24) is 0 Å². The zero-order chi connectivity index (χ0) is 16.3. The first-order chi connectivity index (χ1) is 10.6. The lowest BCUT2D eigenvalue weighted by Gasteiger charge is -2.17. The van der Waals surface area contributed by atoms with Crippen molar-refractivity contribution in [2.45, 2.75) is 82.6 Å². The van der Waals surface area contributed by atoms with Crippen LogP contribution in [-0.4, -0.2) is 14.5 Å². The maximum atomic E-state index is 12.3. The normalized spacial score (nSPS) is 13.2. The second-order valence-corrected chi connectivity index (χ2v) is 7.40. The Labute approximate surface area is 136 Å². The fourth-order valence-electron chi connectivity index (χ4n) is 2.48. The highest BCUT2D eigenvalue weighted by molar-refractivity contribution is 7.86. The predicted octanol–water partition coefficient (Wildman–Crippen LogP) is 5.31. The predicted molar refractivity (Wildman–Crippen MR) is 91.4 cm³/mol. The standard InChI is InChI=1S/C18H30O3S/c1-3-5-7-10-14-17(13-9-6-4-2)21-22(19,20)18-15-11-8-12-16-18/h8,11-12,15-17H,3-7,9-10,13-14H2,1-2H3. The minimum absolute atomic E-state index is 0.186. The van der Waals surface area contributed by atoms with E-state index in [0.717, 1.165) is 44.9 Å². The van der Waals surface area contributed by atoms with Crippen molar-refractivity contribution in [2.24, 2.45) is 0 Å². The molecule has 0 amide bonds. The molecule has 0 aliphatic rings. The second kappa shape index (κ2) is 10.8. The van der Waals surface area contributed by atoms with Crippen LogP contribution >= 0.6 is 0 Å². The first-order valence-corrected chi connectivity index (χ1v) is 9.99. The van der Waals surface area contributed by atoms with Gasteiger partial charge < -0.3 is 0 Å². The molecule has 3 nitrogen and oxygen atoms in total. The Hall–Kier alpha value is -0.870. The second-order valence-electron chi connectivity index (χ2n) is 5.83. The summed E-state index contributed by atoms with van der Waals surface area (Å²) in [6.07, 6.45) is 9.32. The number of hydrogen-bond donors (Lipinski definition) is 0. The van der Waals surface area contributed by atoms with Crippen LogP contribution in [0.3, 0.4) is 0 Å². The Morgan fingerprint density at radius 1 is 0.864 bits per heavy atom. The first-order valence-electron chi connectivity index (χ1n) is 8.58. The average Bonchev–Trinajstić information content (AvgIpc) is 2.52. The van der Waals surface area contributed by atoms with Crippen LogP contribution in [0.5, 0.6) is 0 Å². The fraction of sp³-hybridized carbons (Fsp3) is 0.667. The summed E-state index contributed by atoms with van der Waals surface area (Å²) in [5.41, 5.74) is 0. The zero-order valence-corrected chi connectivity index (χ0v) is 14.8. The van der Waals surface area contributed by atoms with E-state index in [1.165, 1.54) is 12.8 Å². The van der Waals surface area contributed by atoms with Crippen molar-refractivity contribution in [3.8, 4) is 0 Å². The molecule has 22 heavy (non-hydrogen) atoms. The summed E-state index contributed by atoms with van der Waals surface area (Å²) in [5, 5.41) is 0. The highest BCUT2D eigenvalue weighted by Crippen LogP contribution is 2.21. The Morgan fingerprint density at radius 3 is 2.00 bits per heavy atom. The molecule has 1 aromatic carbocycles. The van der Waals surface area contributed by atoms with E-state index in [4.69, 9.17) is 4.18 Å². The van der Waals surface area contributed by atoms with Gasteiger partial charge in [0.15, 0.2) is 0 Å². The van der Waals surface area contributed by atoms with Crippen LogP contribution in [0.15, 0.2) is 35.2 Å². The molecule has 0 aromatic heterocycles. The molecular weight excluding hydrogens is 296 g/mol. The van der Waals surface area contributed by atoms with Crippen LogP contribution in [0.25, 0.3) is 0 Å². The van der Waals surface area contributed by atoms with Crippen LogP contribution in [0.2, 0.25) is 0 Å². The Bertz CT molecular complexity index is 482. The summed E-state index contributed by atoms with van der Waals surface area (Å²) in [6.45, 7) is 4.33. The van der Waals surface area contributed by atoms with Crippen LogP contribution in [0, 0.1) is 0 Å². The maximum absolute atomic E-state index is 12.3. The van der Waals surface area contributed by atoms with Crippen molar-refractivity contribution in [3.63, 3.8) is 0 Å². The molecule has 1 rings (SSSR count). The molecule has 0 saturated heterocycles. The Balaban J connectivity index is 2.61. The van der Waals surface area contributed by atoms with Crippen molar-refractivity contribution in [2.75, 3.05) is 0 Å². The molecule has 0 radical (unpaired) electrons. The molecule has 0 N–H and O–H groups in total. The molecule has 126 valence electrons. The van der Waals surface area contributed by atoms with Gasteiger partial charge >= 0.3 is 0 Å². The van der Waals surface area contributed by atoms with Gasteiger partial charge in [-0.15, -0.1) is 0 Å². The van der Waals surface area contributed by atoms with E-state index in [2.05, 4.69) is 13.8 Å². The molecule has 0 aliphatic heterocycles. The van der Waals surface area contributed by atoms with E-state index in [1.54, 1.807) is 24.3 Å². The van der Waals surface area contributed by atoms with E-state index in [1.807, 2.05) is 6.07 Å². The molecule has 0 fully saturated rings. The molecule has 4 heteroatoms. The van der Waals surface area contributed by atoms with Gasteiger partial charge in [0.1, 0.15) is 0 Å². The van der Waals surface area contributed by atoms with Gasteiger partial charge in [-0.1, -0.05) is 77.0 Å². The number of rotatable bonds is 12. The average molecular weight is 327 g/mol. The molecule has 1 atom stereocenters. The Kier molecular flexibility index (Phi) is 9.41. The van der Waals surface area contributed by atoms with Gasteiger partial charge in [0.05, 0.1) is 11.0 Å². The first kappa shape index (κ1) is 19.2. The van der Waals surface area contributed by atoms with E-state index >= 15 is 0 Å². The highest BCUT2D eigenvalue weighted by Gasteiger charge is 2.21. The summed E-state index contributed by atoms with van der Waals surface area (Å²) in [6, 6.07) is 8.45. The lowest BCUT2D eigenvalue weighted by molar-refractivity contribution is 0.180. The maximum Gasteiger partial charge on any atom is 0.297 e. The quantitative estimate of drug-likeness (QED) is 0.386. The van der Waals surface area contributed by atoms with Gasteiger partial charge in [-0.2, -0.15) is 8.42 Å². The minimum Gasteiger partial charge on any atom is -0.263 e. The number of benzene rings is 1. The van der Waals surface area contributed by atoms with Gasteiger partial charge in [-0.3, -0.25) is 4.18 Å². The van der Waals surface area contributed by atoms with Crippen LogP contribution < -0.4 is 0 Å². The molecule has 0 saturated carbocycles. The lowest BCUT2D eigenvalue weighted by atomic mass is 10.0. The molecule has 1 unspecified atom stereocenters. The minimum atomic E-state index is -3.64. The topological polar surface area (TPSA) is 43.4 Å². The van der Waals surface area contributed by atoms with Gasteiger partial charge in [-0.05, 0) is 25.0 Å². The number of hydrogen-bond acceptors (Lipinski definition) is 3. The Morgan fingerprint density at radius 2 is 1.41 bits per heavy atom. The third-order valence-electron chi connectivity index (χ3n) is 3.80. The smallest absolute Gasteiger partial charge is 0.263 e. The van der Waals surface area contributed by atoms with Crippen molar-refractivity contribution in [1.29, 1.82) is 0 Å². The number of unbranched alkanes of at least 4 members (excludes halogenated alkanes) is 5. The summed E-state index contributed by atoms with van der Waals surface area (Å²) in [5.74, 6) is 0. The SMILES string of the molecule is CCCCCCC(CCCCC)OS(=O)(=O)c1ccccc1. The molecule has 1 aromatic rings. The van der Waals surface area contributed by atoms with Crippen molar-refractivity contribution in [3.05, 3.63) is 30.3 Å². The zero-order valence-electron chi connectivity index (χ0n) is 14.0. The monoisotopic (exact) mass is 326 g/mol. The molecule has 0 heterocycles. The van der Waals surface area contributed by atoms with E-state index < -0.39 is 10.1 Å². The molecule has 0 aliphatic carbocycles. The highest BCUT2D eigenvalue weighted by atomic mass is 32.2. The third kappa shape index (κ3) is 7.41. The summed E-state index contributed by atoms with van der Waals surface area (Å²) in [7, 11) is -3.64. The molecule has 0 bridgehead atoms. The fourth-order valence-corrected chi connectivity index (χ4v) is 3.64. The van der Waals surface area contributed by atoms with Crippen LogP contribution in [0.4, 0.5) is 0 Å². The van der Waals surface area contributed by atoms with Crippen molar-refractivity contribution < 1.29 is 12.6 Å². The van der Waals surface area contributed by atoms with Crippen molar-refractivity contribution >= 4 is 10.1 Å². The van der Waals surface area contributed by atoms with E-state index in [-0.39, 0.29) is 11.0 Å².